The summed E-state index contributed by atoms with van der Waals surface area (Å²) in [5.41, 5.74) is 7.13. The first-order valence-electron chi connectivity index (χ1n) is 5.44. The van der Waals surface area contributed by atoms with Gasteiger partial charge in [-0.3, -0.25) is 0 Å². The van der Waals surface area contributed by atoms with E-state index in [-0.39, 0.29) is 11.9 Å². The van der Waals surface area contributed by atoms with Crippen molar-refractivity contribution < 1.29 is 9.13 Å². The van der Waals surface area contributed by atoms with E-state index in [1.165, 1.54) is 6.07 Å². The van der Waals surface area contributed by atoms with Gasteiger partial charge in [0.05, 0.1) is 11.1 Å². The van der Waals surface area contributed by atoms with Crippen LogP contribution in [0.15, 0.2) is 22.7 Å². The largest absolute Gasteiger partial charge is 0.381 e. The van der Waals surface area contributed by atoms with E-state index in [2.05, 4.69) is 15.9 Å². The monoisotopic (exact) mass is 287 g/mol. The fourth-order valence-electron chi connectivity index (χ4n) is 1.99. The molecule has 0 spiro atoms. The summed E-state index contributed by atoms with van der Waals surface area (Å²) in [6.07, 6.45) is 1.76. The molecular formula is C12H15BrFNO. The molecule has 1 aliphatic heterocycles. The SMILES string of the molecule is NC1CCOCC1Cc1ccc(F)c(Br)c1. The zero-order chi connectivity index (χ0) is 11.5. The van der Waals surface area contributed by atoms with Crippen molar-refractivity contribution >= 4 is 15.9 Å². The van der Waals surface area contributed by atoms with Gasteiger partial charge in [-0.05, 0) is 46.5 Å². The normalized spacial score (nSPS) is 25.7. The quantitative estimate of drug-likeness (QED) is 0.907. The van der Waals surface area contributed by atoms with E-state index < -0.39 is 0 Å². The number of ether oxygens (including phenoxy) is 1. The van der Waals surface area contributed by atoms with Crippen LogP contribution >= 0.6 is 15.9 Å². The van der Waals surface area contributed by atoms with Crippen LogP contribution in [0.3, 0.4) is 0 Å². The Morgan fingerprint density at radius 1 is 1.50 bits per heavy atom. The van der Waals surface area contributed by atoms with Crippen molar-refractivity contribution in [2.24, 2.45) is 11.7 Å². The van der Waals surface area contributed by atoms with Crippen LogP contribution in [0.4, 0.5) is 4.39 Å². The summed E-state index contributed by atoms with van der Waals surface area (Å²) in [5, 5.41) is 0. The van der Waals surface area contributed by atoms with Crippen LogP contribution in [0.1, 0.15) is 12.0 Å². The van der Waals surface area contributed by atoms with Gasteiger partial charge in [-0.1, -0.05) is 6.07 Å². The highest BCUT2D eigenvalue weighted by atomic mass is 79.9. The van der Waals surface area contributed by atoms with Crippen molar-refractivity contribution in [1.82, 2.24) is 0 Å². The van der Waals surface area contributed by atoms with Crippen LogP contribution in [0, 0.1) is 11.7 Å². The Balaban J connectivity index is 2.05. The Bertz CT molecular complexity index is 372. The third-order valence-electron chi connectivity index (χ3n) is 3.01. The molecule has 4 heteroatoms. The first-order valence-corrected chi connectivity index (χ1v) is 6.23. The topological polar surface area (TPSA) is 35.2 Å². The number of nitrogens with two attached hydrogens (primary N) is 1. The van der Waals surface area contributed by atoms with Gasteiger partial charge in [-0.15, -0.1) is 0 Å². The van der Waals surface area contributed by atoms with Crippen molar-refractivity contribution in [3.8, 4) is 0 Å². The predicted molar refractivity (Wildman–Crippen MR) is 64.7 cm³/mol. The zero-order valence-electron chi connectivity index (χ0n) is 8.96. The average Bonchev–Trinajstić information content (AvgIpc) is 2.27. The van der Waals surface area contributed by atoms with Crippen LogP contribution in [0.5, 0.6) is 0 Å². The van der Waals surface area contributed by atoms with E-state index in [1.54, 1.807) is 6.07 Å². The van der Waals surface area contributed by atoms with Gasteiger partial charge in [0.1, 0.15) is 5.82 Å². The summed E-state index contributed by atoms with van der Waals surface area (Å²) in [6, 6.07) is 5.30. The fourth-order valence-corrected chi connectivity index (χ4v) is 2.42. The third kappa shape index (κ3) is 2.81. The summed E-state index contributed by atoms with van der Waals surface area (Å²) in [7, 11) is 0. The van der Waals surface area contributed by atoms with Gasteiger partial charge in [0.15, 0.2) is 0 Å². The number of hydrogen-bond acceptors (Lipinski definition) is 2. The Morgan fingerprint density at radius 2 is 2.31 bits per heavy atom. The van der Waals surface area contributed by atoms with Crippen molar-refractivity contribution in [3.63, 3.8) is 0 Å². The van der Waals surface area contributed by atoms with E-state index in [4.69, 9.17) is 10.5 Å². The highest BCUT2D eigenvalue weighted by molar-refractivity contribution is 9.10. The van der Waals surface area contributed by atoms with Crippen molar-refractivity contribution in [3.05, 3.63) is 34.1 Å². The molecule has 1 fully saturated rings. The second-order valence-corrected chi connectivity index (χ2v) is 5.09. The maximum absolute atomic E-state index is 13.1. The molecule has 0 aliphatic carbocycles. The Morgan fingerprint density at radius 3 is 3.00 bits per heavy atom. The summed E-state index contributed by atoms with van der Waals surface area (Å²) >= 11 is 3.19. The van der Waals surface area contributed by atoms with Crippen molar-refractivity contribution in [2.75, 3.05) is 13.2 Å². The maximum atomic E-state index is 13.1. The highest BCUT2D eigenvalue weighted by Crippen LogP contribution is 2.22. The molecule has 16 heavy (non-hydrogen) atoms. The maximum Gasteiger partial charge on any atom is 0.137 e. The molecule has 0 amide bonds. The Kier molecular flexibility index (Phi) is 3.95. The van der Waals surface area contributed by atoms with Crippen LogP contribution in [0.25, 0.3) is 0 Å². The molecule has 2 rings (SSSR count). The molecule has 0 radical (unpaired) electrons. The molecule has 2 nitrogen and oxygen atoms in total. The van der Waals surface area contributed by atoms with E-state index in [9.17, 15) is 4.39 Å². The van der Waals surface area contributed by atoms with Gasteiger partial charge < -0.3 is 10.5 Å². The summed E-state index contributed by atoms with van der Waals surface area (Å²) < 4.78 is 19.0. The van der Waals surface area contributed by atoms with E-state index in [1.807, 2.05) is 6.07 Å². The molecule has 1 aromatic carbocycles. The fraction of sp³-hybridized carbons (Fsp3) is 0.500. The lowest BCUT2D eigenvalue weighted by molar-refractivity contribution is 0.0422. The first kappa shape index (κ1) is 12.0. The molecular weight excluding hydrogens is 273 g/mol. The van der Waals surface area contributed by atoms with Gasteiger partial charge in [-0.2, -0.15) is 0 Å². The minimum absolute atomic E-state index is 0.192. The van der Waals surface area contributed by atoms with Crippen molar-refractivity contribution in [1.29, 1.82) is 0 Å². The second-order valence-electron chi connectivity index (χ2n) is 4.24. The number of hydrogen-bond donors (Lipinski definition) is 1. The first-order chi connectivity index (χ1) is 7.66. The number of benzene rings is 1. The molecule has 1 heterocycles. The Hall–Kier alpha value is -0.450. The van der Waals surface area contributed by atoms with Gasteiger partial charge in [0, 0.05) is 18.6 Å². The van der Waals surface area contributed by atoms with Gasteiger partial charge >= 0.3 is 0 Å². The van der Waals surface area contributed by atoms with E-state index in [0.29, 0.717) is 17.0 Å². The zero-order valence-corrected chi connectivity index (χ0v) is 10.5. The molecule has 0 aromatic heterocycles. The number of halogens is 2. The molecule has 2 atom stereocenters. The minimum Gasteiger partial charge on any atom is -0.381 e. The molecule has 88 valence electrons. The van der Waals surface area contributed by atoms with Gasteiger partial charge in [-0.25, -0.2) is 4.39 Å². The average molecular weight is 288 g/mol. The molecule has 2 N–H and O–H groups in total. The summed E-state index contributed by atoms with van der Waals surface area (Å²) in [6.45, 7) is 1.46. The molecule has 1 saturated heterocycles. The van der Waals surface area contributed by atoms with E-state index >= 15 is 0 Å². The lowest BCUT2D eigenvalue weighted by Gasteiger charge is -2.28. The van der Waals surface area contributed by atoms with Crippen LogP contribution < -0.4 is 5.73 Å². The van der Waals surface area contributed by atoms with Gasteiger partial charge in [0.2, 0.25) is 0 Å². The molecule has 2 unspecified atom stereocenters. The van der Waals surface area contributed by atoms with Crippen LogP contribution in [-0.2, 0) is 11.2 Å². The van der Waals surface area contributed by atoms with Crippen LogP contribution in [0.2, 0.25) is 0 Å². The summed E-state index contributed by atoms with van der Waals surface area (Å²) in [4.78, 5) is 0. The third-order valence-corrected chi connectivity index (χ3v) is 3.62. The lowest BCUT2D eigenvalue weighted by Crippen LogP contribution is -2.39. The molecule has 1 aliphatic rings. The standard InChI is InChI=1S/C12H15BrFNO/c13-10-6-8(1-2-11(10)14)5-9-7-16-4-3-12(9)15/h1-2,6,9,12H,3-5,7,15H2. The molecule has 0 saturated carbocycles. The predicted octanol–water partition coefficient (Wildman–Crippen LogP) is 2.49. The highest BCUT2D eigenvalue weighted by Gasteiger charge is 2.22. The van der Waals surface area contributed by atoms with E-state index in [0.717, 1.165) is 25.0 Å². The smallest absolute Gasteiger partial charge is 0.137 e. The molecule has 1 aromatic rings. The lowest BCUT2D eigenvalue weighted by atomic mass is 9.90. The molecule has 0 bridgehead atoms. The van der Waals surface area contributed by atoms with Crippen molar-refractivity contribution in [2.45, 2.75) is 18.9 Å². The second kappa shape index (κ2) is 5.25. The minimum atomic E-state index is -0.229. The Labute approximate surface area is 103 Å². The van der Waals surface area contributed by atoms with Crippen LogP contribution in [-0.4, -0.2) is 19.3 Å². The summed E-state index contributed by atoms with van der Waals surface area (Å²) in [5.74, 6) is 0.110. The van der Waals surface area contributed by atoms with Gasteiger partial charge in [0.25, 0.3) is 0 Å². The number of rotatable bonds is 2.